The van der Waals surface area contributed by atoms with Crippen LogP contribution < -0.4 is 21.3 Å². The first kappa shape index (κ1) is 22.3. The molecule has 35 heavy (non-hydrogen) atoms. The van der Waals surface area contributed by atoms with Crippen LogP contribution in [0.3, 0.4) is 0 Å². The van der Waals surface area contributed by atoms with E-state index in [0.29, 0.717) is 36.2 Å². The van der Waals surface area contributed by atoms with Crippen molar-refractivity contribution in [1.82, 2.24) is 15.0 Å². The monoisotopic (exact) mass is 467 g/mol. The number of aromatic nitrogens is 3. The molecule has 0 atom stereocenters. The number of carbonyl (C=O) groups excluding carboxylic acids is 1. The van der Waals surface area contributed by atoms with Crippen molar-refractivity contribution in [2.75, 3.05) is 47.6 Å². The number of morpholine rings is 1. The number of benzene rings is 2. The fourth-order valence-corrected chi connectivity index (χ4v) is 3.99. The molecule has 176 valence electrons. The van der Waals surface area contributed by atoms with Crippen LogP contribution in [0.2, 0.25) is 0 Å². The van der Waals surface area contributed by atoms with Gasteiger partial charge in [-0.25, -0.2) is 9.97 Å². The van der Waals surface area contributed by atoms with Gasteiger partial charge in [0.2, 0.25) is 11.9 Å². The predicted octanol–water partition coefficient (Wildman–Crippen LogP) is 3.98. The largest absolute Gasteiger partial charge is 0.383 e. The van der Waals surface area contributed by atoms with E-state index in [-0.39, 0.29) is 5.91 Å². The van der Waals surface area contributed by atoms with Crippen molar-refractivity contribution in [3.63, 3.8) is 0 Å². The maximum atomic E-state index is 11.7. The summed E-state index contributed by atoms with van der Waals surface area (Å²) in [7, 11) is 0. The van der Waals surface area contributed by atoms with Gasteiger partial charge in [-0.05, 0) is 42.0 Å². The zero-order valence-electron chi connectivity index (χ0n) is 19.1. The SMILES string of the molecule is C=CC(=O)Nc1cccc(-c2cccc3c(N)nc(Nc4ccc(N5CCOCC5)nc4)nc23)c1. The maximum absolute atomic E-state index is 11.7. The fourth-order valence-electron chi connectivity index (χ4n) is 3.99. The lowest BCUT2D eigenvalue weighted by atomic mass is 10.0. The standard InChI is InChI=1S/C26H25N7O2/c1-2-23(34)29-18-6-3-5-17(15-18)20-7-4-8-21-24(20)31-26(32-25(21)27)30-19-9-10-22(28-16-19)33-11-13-35-14-12-33/h2-10,15-16H,1,11-14H2,(H,29,34)(H3,27,30,31,32). The van der Waals surface area contributed by atoms with Crippen molar-refractivity contribution in [1.29, 1.82) is 0 Å². The summed E-state index contributed by atoms with van der Waals surface area (Å²) in [5.74, 6) is 1.38. The van der Waals surface area contributed by atoms with Crippen LogP contribution in [0.5, 0.6) is 0 Å². The van der Waals surface area contributed by atoms with Crippen molar-refractivity contribution in [3.05, 3.63) is 73.4 Å². The molecule has 1 saturated heterocycles. The lowest BCUT2D eigenvalue weighted by Gasteiger charge is -2.27. The fraction of sp³-hybridized carbons (Fsp3) is 0.154. The maximum Gasteiger partial charge on any atom is 0.247 e. The van der Waals surface area contributed by atoms with E-state index in [9.17, 15) is 4.79 Å². The summed E-state index contributed by atoms with van der Waals surface area (Å²) in [6.07, 6.45) is 2.99. The van der Waals surface area contributed by atoms with Gasteiger partial charge in [-0.15, -0.1) is 0 Å². The zero-order valence-corrected chi connectivity index (χ0v) is 19.1. The molecular weight excluding hydrogens is 442 g/mol. The van der Waals surface area contributed by atoms with Crippen LogP contribution in [-0.2, 0) is 9.53 Å². The zero-order chi connectivity index (χ0) is 24.2. The van der Waals surface area contributed by atoms with Crippen LogP contribution in [0.25, 0.3) is 22.0 Å². The summed E-state index contributed by atoms with van der Waals surface area (Å²) in [5.41, 5.74) is 10.2. The normalized spacial score (nSPS) is 13.4. The molecule has 4 N–H and O–H groups in total. The Balaban J connectivity index is 1.45. The summed E-state index contributed by atoms with van der Waals surface area (Å²) in [4.78, 5) is 27.7. The van der Waals surface area contributed by atoms with E-state index >= 15 is 0 Å². The van der Waals surface area contributed by atoms with Crippen molar-refractivity contribution >= 4 is 45.8 Å². The highest BCUT2D eigenvalue weighted by atomic mass is 16.5. The van der Waals surface area contributed by atoms with Crippen molar-refractivity contribution in [3.8, 4) is 11.1 Å². The minimum absolute atomic E-state index is 0.272. The van der Waals surface area contributed by atoms with Gasteiger partial charge in [0.15, 0.2) is 0 Å². The van der Waals surface area contributed by atoms with Crippen LogP contribution in [-0.4, -0.2) is 47.2 Å². The molecule has 2 aromatic carbocycles. The average Bonchev–Trinajstić information content (AvgIpc) is 2.89. The summed E-state index contributed by atoms with van der Waals surface area (Å²) >= 11 is 0. The molecule has 1 fully saturated rings. The van der Waals surface area contributed by atoms with Gasteiger partial charge in [-0.3, -0.25) is 4.79 Å². The molecular formula is C26H25N7O2. The van der Waals surface area contributed by atoms with Crippen molar-refractivity contribution in [2.45, 2.75) is 0 Å². The molecule has 1 aliphatic heterocycles. The molecule has 4 aromatic rings. The quantitative estimate of drug-likeness (QED) is 0.365. The Morgan fingerprint density at radius 1 is 1.06 bits per heavy atom. The molecule has 9 nitrogen and oxygen atoms in total. The number of nitrogens with two attached hydrogens (primary N) is 1. The van der Waals surface area contributed by atoms with Gasteiger partial charge in [0.25, 0.3) is 0 Å². The first-order chi connectivity index (χ1) is 17.1. The smallest absolute Gasteiger partial charge is 0.247 e. The first-order valence-electron chi connectivity index (χ1n) is 11.3. The number of hydrogen-bond donors (Lipinski definition) is 3. The average molecular weight is 468 g/mol. The molecule has 2 aromatic heterocycles. The second kappa shape index (κ2) is 9.78. The molecule has 0 spiro atoms. The molecule has 0 unspecified atom stereocenters. The van der Waals surface area contributed by atoms with Crippen LogP contribution in [0.15, 0.2) is 73.4 Å². The van der Waals surface area contributed by atoms with E-state index in [4.69, 9.17) is 15.5 Å². The molecule has 0 radical (unpaired) electrons. The minimum atomic E-state index is -0.272. The lowest BCUT2D eigenvalue weighted by molar-refractivity contribution is -0.111. The Morgan fingerprint density at radius 3 is 2.66 bits per heavy atom. The molecule has 9 heteroatoms. The summed E-state index contributed by atoms with van der Waals surface area (Å²) in [6, 6.07) is 17.2. The van der Waals surface area contributed by atoms with Crippen molar-refractivity contribution in [2.24, 2.45) is 0 Å². The van der Waals surface area contributed by atoms with Crippen LogP contribution in [0.4, 0.5) is 29.0 Å². The number of hydrogen-bond acceptors (Lipinski definition) is 8. The number of nitrogens with zero attached hydrogens (tertiary/aromatic N) is 4. The van der Waals surface area contributed by atoms with Crippen LogP contribution >= 0.6 is 0 Å². The van der Waals surface area contributed by atoms with E-state index in [1.54, 1.807) is 6.20 Å². The molecule has 0 saturated carbocycles. The predicted molar refractivity (Wildman–Crippen MR) is 139 cm³/mol. The highest BCUT2D eigenvalue weighted by Gasteiger charge is 2.14. The molecule has 3 heterocycles. The number of pyridine rings is 1. The minimum Gasteiger partial charge on any atom is -0.383 e. The Hall–Kier alpha value is -4.50. The van der Waals surface area contributed by atoms with Crippen LogP contribution in [0, 0.1) is 0 Å². The second-order valence-corrected chi connectivity index (χ2v) is 8.04. The third-order valence-electron chi connectivity index (χ3n) is 5.72. The van der Waals surface area contributed by atoms with E-state index in [2.05, 4.69) is 32.1 Å². The van der Waals surface area contributed by atoms with E-state index in [0.717, 1.165) is 41.1 Å². The van der Waals surface area contributed by atoms with E-state index < -0.39 is 0 Å². The van der Waals surface area contributed by atoms with Gasteiger partial charge in [0.05, 0.1) is 30.6 Å². The summed E-state index contributed by atoms with van der Waals surface area (Å²) < 4.78 is 5.41. The molecule has 5 rings (SSSR count). The Morgan fingerprint density at radius 2 is 1.89 bits per heavy atom. The van der Waals surface area contributed by atoms with Crippen molar-refractivity contribution < 1.29 is 9.53 Å². The number of rotatable bonds is 6. The number of fused-ring (bicyclic) bond motifs is 1. The Labute approximate surface area is 202 Å². The number of anilines is 5. The molecule has 1 amide bonds. The number of nitrogens with one attached hydrogen (secondary N) is 2. The van der Waals surface area contributed by atoms with Gasteiger partial charge in [0.1, 0.15) is 11.6 Å². The molecule has 1 aliphatic rings. The van der Waals surface area contributed by atoms with Crippen LogP contribution in [0.1, 0.15) is 0 Å². The van der Waals surface area contributed by atoms with E-state index in [1.165, 1.54) is 6.08 Å². The lowest BCUT2D eigenvalue weighted by Crippen LogP contribution is -2.36. The highest BCUT2D eigenvalue weighted by molar-refractivity contribution is 6.01. The second-order valence-electron chi connectivity index (χ2n) is 8.04. The summed E-state index contributed by atoms with van der Waals surface area (Å²) in [5, 5.41) is 6.75. The first-order valence-corrected chi connectivity index (χ1v) is 11.3. The van der Waals surface area contributed by atoms with E-state index in [1.807, 2.05) is 54.6 Å². The van der Waals surface area contributed by atoms with Gasteiger partial charge in [-0.1, -0.05) is 30.8 Å². The summed E-state index contributed by atoms with van der Waals surface area (Å²) in [6.45, 7) is 6.56. The van der Waals surface area contributed by atoms with Gasteiger partial charge in [0, 0.05) is 29.7 Å². The Bertz CT molecular complexity index is 1380. The molecule has 0 aliphatic carbocycles. The highest BCUT2D eigenvalue weighted by Crippen LogP contribution is 2.32. The van der Waals surface area contributed by atoms with Gasteiger partial charge < -0.3 is 26.0 Å². The van der Waals surface area contributed by atoms with Gasteiger partial charge >= 0.3 is 0 Å². The number of ether oxygens (including phenoxy) is 1. The Kier molecular flexibility index (Phi) is 6.23. The third-order valence-corrected chi connectivity index (χ3v) is 5.72. The number of para-hydroxylation sites is 1. The molecule has 0 bridgehead atoms. The number of carbonyl (C=O) groups is 1. The third kappa shape index (κ3) is 4.90. The number of nitrogen functional groups attached to an aromatic ring is 1. The topological polar surface area (TPSA) is 118 Å². The van der Waals surface area contributed by atoms with Gasteiger partial charge in [-0.2, -0.15) is 4.98 Å². The number of amides is 1.